The van der Waals surface area contributed by atoms with Crippen LogP contribution in [0.25, 0.3) is 11.2 Å². The Bertz CT molecular complexity index is 530. The zero-order valence-electron chi connectivity index (χ0n) is 9.07. The van der Waals surface area contributed by atoms with Crippen molar-refractivity contribution in [2.24, 2.45) is 5.92 Å². The molecule has 1 aliphatic rings. The minimum absolute atomic E-state index is 0.732. The SMILES string of the molecule is Cc1nc2ncc(Br)cc2n1CC1CNC1. The van der Waals surface area contributed by atoms with Gasteiger partial charge in [0, 0.05) is 36.2 Å². The Morgan fingerprint density at radius 2 is 2.38 bits per heavy atom. The van der Waals surface area contributed by atoms with Gasteiger partial charge in [0.25, 0.3) is 0 Å². The smallest absolute Gasteiger partial charge is 0.177 e. The van der Waals surface area contributed by atoms with E-state index in [2.05, 4.69) is 41.8 Å². The molecule has 0 aliphatic carbocycles. The molecule has 0 spiro atoms. The third kappa shape index (κ3) is 1.64. The van der Waals surface area contributed by atoms with E-state index in [-0.39, 0.29) is 0 Å². The second-order valence-electron chi connectivity index (χ2n) is 4.29. The van der Waals surface area contributed by atoms with E-state index < -0.39 is 0 Å². The molecule has 84 valence electrons. The van der Waals surface area contributed by atoms with Crippen molar-refractivity contribution in [1.29, 1.82) is 0 Å². The minimum Gasteiger partial charge on any atom is -0.326 e. The van der Waals surface area contributed by atoms with E-state index in [0.29, 0.717) is 0 Å². The van der Waals surface area contributed by atoms with E-state index in [1.165, 1.54) is 0 Å². The number of rotatable bonds is 2. The number of pyridine rings is 1. The second kappa shape index (κ2) is 3.82. The van der Waals surface area contributed by atoms with Gasteiger partial charge in [0.1, 0.15) is 5.82 Å². The first-order valence-electron chi connectivity index (χ1n) is 5.43. The third-order valence-electron chi connectivity index (χ3n) is 3.07. The zero-order valence-corrected chi connectivity index (χ0v) is 10.7. The lowest BCUT2D eigenvalue weighted by atomic mass is 10.0. The van der Waals surface area contributed by atoms with E-state index in [4.69, 9.17) is 0 Å². The quantitative estimate of drug-likeness (QED) is 0.911. The van der Waals surface area contributed by atoms with Crippen molar-refractivity contribution in [2.45, 2.75) is 13.5 Å². The van der Waals surface area contributed by atoms with Gasteiger partial charge in [-0.3, -0.25) is 0 Å². The summed E-state index contributed by atoms with van der Waals surface area (Å²) in [6.45, 7) is 5.30. The highest BCUT2D eigenvalue weighted by atomic mass is 79.9. The summed E-state index contributed by atoms with van der Waals surface area (Å²) in [7, 11) is 0. The Labute approximate surface area is 102 Å². The van der Waals surface area contributed by atoms with Crippen LogP contribution in [0.5, 0.6) is 0 Å². The van der Waals surface area contributed by atoms with Crippen LogP contribution < -0.4 is 5.32 Å². The maximum atomic E-state index is 4.48. The van der Waals surface area contributed by atoms with Crippen molar-refractivity contribution in [3.8, 4) is 0 Å². The number of nitrogens with one attached hydrogen (secondary N) is 1. The Balaban J connectivity index is 2.06. The maximum absolute atomic E-state index is 4.48. The van der Waals surface area contributed by atoms with Gasteiger partial charge in [0.05, 0.1) is 5.52 Å². The number of hydrogen-bond donors (Lipinski definition) is 1. The van der Waals surface area contributed by atoms with Gasteiger partial charge < -0.3 is 9.88 Å². The highest BCUT2D eigenvalue weighted by molar-refractivity contribution is 9.10. The molecule has 2 aromatic rings. The first kappa shape index (κ1) is 10.2. The molecule has 4 nitrogen and oxygen atoms in total. The van der Waals surface area contributed by atoms with Crippen LogP contribution in [0.3, 0.4) is 0 Å². The fraction of sp³-hybridized carbons (Fsp3) is 0.455. The standard InChI is InChI=1S/C11H13BrN4/c1-7-15-11-10(2-9(12)5-14-11)16(7)6-8-3-13-4-8/h2,5,8,13H,3-4,6H2,1H3. The van der Waals surface area contributed by atoms with Gasteiger partial charge in [-0.15, -0.1) is 0 Å². The van der Waals surface area contributed by atoms with E-state index >= 15 is 0 Å². The van der Waals surface area contributed by atoms with Crippen molar-refractivity contribution in [1.82, 2.24) is 19.9 Å². The molecule has 1 N–H and O–H groups in total. The van der Waals surface area contributed by atoms with E-state index in [1.54, 1.807) is 6.20 Å². The molecule has 1 fully saturated rings. The molecule has 2 aromatic heterocycles. The number of hydrogen-bond acceptors (Lipinski definition) is 3. The molecule has 0 unspecified atom stereocenters. The predicted octanol–water partition coefficient (Wildman–Crippen LogP) is 1.72. The van der Waals surface area contributed by atoms with Gasteiger partial charge in [0.15, 0.2) is 5.65 Å². The topological polar surface area (TPSA) is 42.7 Å². The van der Waals surface area contributed by atoms with Crippen LogP contribution in [0.4, 0.5) is 0 Å². The van der Waals surface area contributed by atoms with Crippen LogP contribution in [0, 0.1) is 12.8 Å². The normalized spacial score (nSPS) is 16.6. The molecule has 0 atom stereocenters. The number of imidazole rings is 1. The summed E-state index contributed by atoms with van der Waals surface area (Å²) in [5, 5.41) is 3.29. The molecule has 0 amide bonds. The van der Waals surface area contributed by atoms with Gasteiger partial charge in [-0.25, -0.2) is 9.97 Å². The Hall–Kier alpha value is -0.940. The Kier molecular flexibility index (Phi) is 2.44. The Morgan fingerprint density at radius 1 is 1.56 bits per heavy atom. The lowest BCUT2D eigenvalue weighted by Gasteiger charge is -2.27. The number of aryl methyl sites for hydroxylation is 1. The van der Waals surface area contributed by atoms with E-state index in [1.807, 2.05) is 6.92 Å². The summed E-state index contributed by atoms with van der Waals surface area (Å²) < 4.78 is 3.27. The van der Waals surface area contributed by atoms with E-state index in [0.717, 1.165) is 47.0 Å². The highest BCUT2D eigenvalue weighted by Gasteiger charge is 2.19. The van der Waals surface area contributed by atoms with Crippen molar-refractivity contribution < 1.29 is 0 Å². The van der Waals surface area contributed by atoms with E-state index in [9.17, 15) is 0 Å². The fourth-order valence-electron chi connectivity index (χ4n) is 2.06. The fourth-order valence-corrected chi connectivity index (χ4v) is 2.38. The Morgan fingerprint density at radius 3 is 3.06 bits per heavy atom. The van der Waals surface area contributed by atoms with Crippen LogP contribution in [0.1, 0.15) is 5.82 Å². The first-order valence-corrected chi connectivity index (χ1v) is 6.22. The summed E-state index contributed by atoms with van der Waals surface area (Å²) in [6.07, 6.45) is 1.80. The van der Waals surface area contributed by atoms with Crippen molar-refractivity contribution >= 4 is 27.1 Å². The molecule has 16 heavy (non-hydrogen) atoms. The average molecular weight is 281 g/mol. The molecule has 0 radical (unpaired) electrons. The molecule has 3 rings (SSSR count). The molecule has 1 aliphatic heterocycles. The van der Waals surface area contributed by atoms with Crippen LogP contribution in [-0.2, 0) is 6.54 Å². The predicted molar refractivity (Wildman–Crippen MR) is 66.3 cm³/mol. The molecular weight excluding hydrogens is 268 g/mol. The highest BCUT2D eigenvalue weighted by Crippen LogP contribution is 2.20. The summed E-state index contributed by atoms with van der Waals surface area (Å²) in [4.78, 5) is 8.80. The summed E-state index contributed by atoms with van der Waals surface area (Å²) in [5.74, 6) is 1.78. The number of fused-ring (bicyclic) bond motifs is 1. The lowest BCUT2D eigenvalue weighted by Crippen LogP contribution is -2.44. The number of halogens is 1. The largest absolute Gasteiger partial charge is 0.326 e. The first-order chi connectivity index (χ1) is 7.74. The molecular formula is C11H13BrN4. The molecule has 3 heterocycles. The zero-order chi connectivity index (χ0) is 11.1. The molecule has 1 saturated heterocycles. The maximum Gasteiger partial charge on any atom is 0.177 e. The van der Waals surface area contributed by atoms with Crippen molar-refractivity contribution in [2.75, 3.05) is 13.1 Å². The van der Waals surface area contributed by atoms with Gasteiger partial charge >= 0.3 is 0 Å². The monoisotopic (exact) mass is 280 g/mol. The lowest BCUT2D eigenvalue weighted by molar-refractivity contribution is 0.308. The average Bonchev–Trinajstić information content (AvgIpc) is 2.48. The second-order valence-corrected chi connectivity index (χ2v) is 5.21. The minimum atomic E-state index is 0.732. The number of nitrogens with zero attached hydrogens (tertiary/aromatic N) is 3. The van der Waals surface area contributed by atoms with Crippen LogP contribution in [0.2, 0.25) is 0 Å². The van der Waals surface area contributed by atoms with Gasteiger partial charge in [-0.2, -0.15) is 0 Å². The van der Waals surface area contributed by atoms with Gasteiger partial charge in [-0.05, 0) is 28.9 Å². The number of aromatic nitrogens is 3. The van der Waals surface area contributed by atoms with Crippen molar-refractivity contribution in [3.63, 3.8) is 0 Å². The summed E-state index contributed by atoms with van der Waals surface area (Å²) >= 11 is 3.46. The van der Waals surface area contributed by atoms with Crippen LogP contribution in [0.15, 0.2) is 16.7 Å². The summed E-state index contributed by atoms with van der Waals surface area (Å²) in [6, 6.07) is 2.09. The molecule has 0 aromatic carbocycles. The van der Waals surface area contributed by atoms with Gasteiger partial charge in [0.2, 0.25) is 0 Å². The molecule has 5 heteroatoms. The van der Waals surface area contributed by atoms with Crippen LogP contribution >= 0.6 is 15.9 Å². The molecule has 0 bridgehead atoms. The van der Waals surface area contributed by atoms with Crippen molar-refractivity contribution in [3.05, 3.63) is 22.6 Å². The van der Waals surface area contributed by atoms with Crippen LogP contribution in [-0.4, -0.2) is 27.6 Å². The summed E-state index contributed by atoms with van der Waals surface area (Å²) in [5.41, 5.74) is 1.96. The van der Waals surface area contributed by atoms with Gasteiger partial charge in [-0.1, -0.05) is 0 Å². The third-order valence-corrected chi connectivity index (χ3v) is 3.50. The molecule has 0 saturated carbocycles.